The smallest absolute Gasteiger partial charge is 0.308 e. The second-order valence-corrected chi connectivity index (χ2v) is 6.04. The van der Waals surface area contributed by atoms with Crippen LogP contribution >= 0.6 is 11.8 Å². The molecule has 106 valence electrons. The number of rotatable bonds is 6. The van der Waals surface area contributed by atoms with Gasteiger partial charge in [-0.15, -0.1) is 11.8 Å². The van der Waals surface area contributed by atoms with E-state index in [1.54, 1.807) is 11.8 Å². The van der Waals surface area contributed by atoms with Gasteiger partial charge in [0.05, 0.1) is 17.5 Å². The summed E-state index contributed by atoms with van der Waals surface area (Å²) < 4.78 is 0. The topological polar surface area (TPSA) is 77.9 Å². The van der Waals surface area contributed by atoms with E-state index in [0.717, 1.165) is 12.8 Å². The fourth-order valence-corrected chi connectivity index (χ4v) is 2.91. The summed E-state index contributed by atoms with van der Waals surface area (Å²) in [4.78, 5) is 37.8. The summed E-state index contributed by atoms with van der Waals surface area (Å²) in [6.07, 6.45) is 1.86. The fraction of sp³-hybridized carbons (Fsp3) is 0.750. The number of hydrogen-bond acceptors (Lipinski definition) is 4. The number of carbonyl (C=O) groups is 3. The van der Waals surface area contributed by atoms with Crippen molar-refractivity contribution < 1.29 is 19.5 Å². The summed E-state index contributed by atoms with van der Waals surface area (Å²) in [5, 5.41) is 8.94. The van der Waals surface area contributed by atoms with Crippen molar-refractivity contribution in [2.45, 2.75) is 25.8 Å². The molecule has 0 spiro atoms. The third kappa shape index (κ3) is 3.62. The van der Waals surface area contributed by atoms with Crippen LogP contribution in [0.15, 0.2) is 0 Å². The Labute approximate surface area is 116 Å². The second-order valence-electron chi connectivity index (χ2n) is 5.09. The Hall–Kier alpha value is -1.24. The summed E-state index contributed by atoms with van der Waals surface area (Å²) in [5.41, 5.74) is 0. The monoisotopic (exact) mass is 286 g/mol. The van der Waals surface area contributed by atoms with Gasteiger partial charge in [0.2, 0.25) is 11.8 Å². The molecule has 6 nitrogen and oxygen atoms in total. The molecule has 0 aromatic rings. The third-order valence-corrected chi connectivity index (χ3v) is 4.30. The molecule has 1 saturated heterocycles. The molecule has 1 aliphatic heterocycles. The first kappa shape index (κ1) is 14.2. The van der Waals surface area contributed by atoms with E-state index in [2.05, 4.69) is 0 Å². The molecular formula is C12H18N2O4S. The first-order chi connectivity index (χ1) is 8.99. The third-order valence-electron chi connectivity index (χ3n) is 3.35. The molecule has 2 rings (SSSR count). The highest BCUT2D eigenvalue weighted by molar-refractivity contribution is 8.00. The molecule has 1 atom stereocenters. The van der Waals surface area contributed by atoms with Crippen molar-refractivity contribution >= 4 is 29.5 Å². The fourth-order valence-electron chi connectivity index (χ4n) is 2.01. The van der Waals surface area contributed by atoms with Gasteiger partial charge >= 0.3 is 5.97 Å². The van der Waals surface area contributed by atoms with Crippen LogP contribution in [-0.2, 0) is 14.4 Å². The van der Waals surface area contributed by atoms with Crippen LogP contribution in [0.5, 0.6) is 0 Å². The summed E-state index contributed by atoms with van der Waals surface area (Å²) in [7, 11) is 0. The molecule has 1 N–H and O–H groups in total. The zero-order valence-electron chi connectivity index (χ0n) is 10.9. The first-order valence-corrected chi connectivity index (χ1v) is 7.52. The molecule has 0 aromatic heterocycles. The molecule has 2 aliphatic rings. The lowest BCUT2D eigenvalue weighted by Gasteiger charge is -2.26. The van der Waals surface area contributed by atoms with Gasteiger partial charge in [-0.25, -0.2) is 0 Å². The van der Waals surface area contributed by atoms with Crippen molar-refractivity contribution in [3.63, 3.8) is 0 Å². The molecule has 19 heavy (non-hydrogen) atoms. The predicted molar refractivity (Wildman–Crippen MR) is 70.6 cm³/mol. The largest absolute Gasteiger partial charge is 0.481 e. The Morgan fingerprint density at radius 3 is 2.68 bits per heavy atom. The highest BCUT2D eigenvalue weighted by Crippen LogP contribution is 2.28. The van der Waals surface area contributed by atoms with Crippen molar-refractivity contribution in [3.05, 3.63) is 0 Å². The van der Waals surface area contributed by atoms with Crippen molar-refractivity contribution in [1.82, 2.24) is 9.80 Å². The molecule has 0 aromatic carbocycles. The van der Waals surface area contributed by atoms with Gasteiger partial charge in [0.15, 0.2) is 0 Å². The molecule has 1 saturated carbocycles. The highest BCUT2D eigenvalue weighted by atomic mass is 32.2. The van der Waals surface area contributed by atoms with E-state index in [0.29, 0.717) is 11.6 Å². The van der Waals surface area contributed by atoms with E-state index >= 15 is 0 Å². The van der Waals surface area contributed by atoms with Crippen LogP contribution in [0.3, 0.4) is 0 Å². The Morgan fingerprint density at radius 1 is 1.53 bits per heavy atom. The number of carbonyl (C=O) groups excluding carboxylic acids is 2. The van der Waals surface area contributed by atoms with Gasteiger partial charge < -0.3 is 14.9 Å². The zero-order valence-corrected chi connectivity index (χ0v) is 11.7. The van der Waals surface area contributed by atoms with Crippen LogP contribution in [0.2, 0.25) is 0 Å². The standard InChI is InChI=1S/C12H18N2O4S/c1-8(12(17)18)4-14(9-2-3-9)10(15)5-13-7-19-6-11(13)16/h8-9H,2-7H2,1H3,(H,17,18). The minimum Gasteiger partial charge on any atom is -0.481 e. The lowest BCUT2D eigenvalue weighted by molar-refractivity contribution is -0.144. The van der Waals surface area contributed by atoms with Crippen molar-refractivity contribution in [2.75, 3.05) is 24.7 Å². The van der Waals surface area contributed by atoms with E-state index in [9.17, 15) is 14.4 Å². The van der Waals surface area contributed by atoms with Gasteiger partial charge in [-0.2, -0.15) is 0 Å². The number of amides is 2. The normalized spacial score (nSPS) is 20.5. The Kier molecular flexibility index (Phi) is 4.34. The van der Waals surface area contributed by atoms with Gasteiger partial charge in [0.25, 0.3) is 0 Å². The summed E-state index contributed by atoms with van der Waals surface area (Å²) in [6, 6.07) is 0.166. The number of carboxylic acid groups (broad SMARTS) is 1. The van der Waals surface area contributed by atoms with Crippen LogP contribution in [0.4, 0.5) is 0 Å². The van der Waals surface area contributed by atoms with Crippen LogP contribution in [0, 0.1) is 5.92 Å². The van der Waals surface area contributed by atoms with Gasteiger partial charge in [0, 0.05) is 12.6 Å². The van der Waals surface area contributed by atoms with Crippen LogP contribution in [-0.4, -0.2) is 63.5 Å². The Morgan fingerprint density at radius 2 is 2.21 bits per heavy atom. The maximum Gasteiger partial charge on any atom is 0.308 e. The number of hydrogen-bond donors (Lipinski definition) is 1. The highest BCUT2D eigenvalue weighted by Gasteiger charge is 2.36. The van der Waals surface area contributed by atoms with Gasteiger partial charge in [-0.1, -0.05) is 6.92 Å². The Balaban J connectivity index is 1.92. The van der Waals surface area contributed by atoms with Crippen molar-refractivity contribution in [1.29, 1.82) is 0 Å². The van der Waals surface area contributed by atoms with E-state index < -0.39 is 11.9 Å². The number of carboxylic acids is 1. The van der Waals surface area contributed by atoms with Crippen molar-refractivity contribution in [3.8, 4) is 0 Å². The predicted octanol–water partition coefficient (Wildman–Crippen LogP) is 0.231. The van der Waals surface area contributed by atoms with Gasteiger partial charge in [-0.05, 0) is 12.8 Å². The number of nitrogens with zero attached hydrogens (tertiary/aromatic N) is 2. The molecule has 0 bridgehead atoms. The maximum absolute atomic E-state index is 12.2. The Bertz CT molecular complexity index is 397. The summed E-state index contributed by atoms with van der Waals surface area (Å²) >= 11 is 1.50. The molecule has 1 heterocycles. The number of aliphatic carboxylic acids is 1. The van der Waals surface area contributed by atoms with Gasteiger partial charge in [-0.3, -0.25) is 14.4 Å². The molecule has 0 radical (unpaired) electrons. The molecule has 2 amide bonds. The van der Waals surface area contributed by atoms with E-state index in [1.807, 2.05) is 0 Å². The van der Waals surface area contributed by atoms with Crippen LogP contribution in [0.1, 0.15) is 19.8 Å². The zero-order chi connectivity index (χ0) is 14.0. The maximum atomic E-state index is 12.2. The average Bonchev–Trinajstić information content (AvgIpc) is 3.11. The SMILES string of the molecule is CC(CN(C(=O)CN1CSCC1=O)C1CC1)C(=O)O. The minimum atomic E-state index is -0.897. The molecule has 1 unspecified atom stereocenters. The van der Waals surface area contributed by atoms with E-state index in [1.165, 1.54) is 16.7 Å². The lowest BCUT2D eigenvalue weighted by Crippen LogP contribution is -2.44. The summed E-state index contributed by atoms with van der Waals surface area (Å²) in [6.45, 7) is 1.91. The van der Waals surface area contributed by atoms with Crippen LogP contribution < -0.4 is 0 Å². The molecule has 7 heteroatoms. The lowest BCUT2D eigenvalue weighted by atomic mass is 10.1. The number of thioether (sulfide) groups is 1. The van der Waals surface area contributed by atoms with E-state index in [-0.39, 0.29) is 30.9 Å². The van der Waals surface area contributed by atoms with Crippen molar-refractivity contribution in [2.24, 2.45) is 5.92 Å². The molecule has 2 fully saturated rings. The summed E-state index contributed by atoms with van der Waals surface area (Å²) in [5.74, 6) is -0.633. The van der Waals surface area contributed by atoms with Gasteiger partial charge in [0.1, 0.15) is 6.54 Å². The van der Waals surface area contributed by atoms with E-state index in [4.69, 9.17) is 5.11 Å². The second kappa shape index (κ2) is 5.81. The minimum absolute atomic E-state index is 0.0135. The quantitative estimate of drug-likeness (QED) is 0.756. The average molecular weight is 286 g/mol. The molecule has 1 aliphatic carbocycles. The molecular weight excluding hydrogens is 268 g/mol. The first-order valence-electron chi connectivity index (χ1n) is 6.37. The van der Waals surface area contributed by atoms with Crippen LogP contribution in [0.25, 0.3) is 0 Å².